The topological polar surface area (TPSA) is 12.9 Å². The van der Waals surface area contributed by atoms with E-state index >= 15 is 0 Å². The van der Waals surface area contributed by atoms with E-state index in [2.05, 4.69) is 24.0 Å². The average molecular weight is 161 g/mol. The number of hydrogen-bond acceptors (Lipinski definition) is 1. The van der Waals surface area contributed by atoms with Crippen molar-refractivity contribution in [2.45, 2.75) is 38.0 Å². The highest BCUT2D eigenvalue weighted by Crippen LogP contribution is 2.45. The summed E-state index contributed by atoms with van der Waals surface area (Å²) in [6, 6.07) is 4.34. The molecule has 0 atom stereocenters. The third-order valence-corrected chi connectivity index (χ3v) is 3.28. The van der Waals surface area contributed by atoms with Crippen LogP contribution in [0.4, 0.5) is 0 Å². The van der Waals surface area contributed by atoms with E-state index in [1.807, 2.05) is 12.4 Å². The van der Waals surface area contributed by atoms with Crippen LogP contribution >= 0.6 is 0 Å². The lowest BCUT2D eigenvalue weighted by molar-refractivity contribution is 0.234. The number of aromatic nitrogens is 1. The van der Waals surface area contributed by atoms with Gasteiger partial charge in [0.25, 0.3) is 0 Å². The lowest BCUT2D eigenvalue weighted by atomic mass is 9.63. The standard InChI is InChI=1S/C11H15N/c1-2-11(6-3-7-11)10-4-8-12-9-5-10/h4-5,8-9H,2-3,6-7H2,1H3. The van der Waals surface area contributed by atoms with Crippen LogP contribution in [0.25, 0.3) is 0 Å². The fraction of sp³-hybridized carbons (Fsp3) is 0.545. The normalized spacial score (nSPS) is 20.1. The van der Waals surface area contributed by atoms with Crippen molar-refractivity contribution in [2.24, 2.45) is 0 Å². The molecule has 1 aromatic heterocycles. The van der Waals surface area contributed by atoms with Crippen LogP contribution in [0.15, 0.2) is 24.5 Å². The molecule has 0 saturated heterocycles. The van der Waals surface area contributed by atoms with Gasteiger partial charge in [-0.15, -0.1) is 0 Å². The largest absolute Gasteiger partial charge is 0.265 e. The Balaban J connectivity index is 2.28. The number of nitrogens with zero attached hydrogens (tertiary/aromatic N) is 1. The van der Waals surface area contributed by atoms with E-state index in [9.17, 15) is 0 Å². The van der Waals surface area contributed by atoms with Gasteiger partial charge in [0.05, 0.1) is 0 Å². The van der Waals surface area contributed by atoms with Gasteiger partial charge < -0.3 is 0 Å². The van der Waals surface area contributed by atoms with Crippen molar-refractivity contribution in [2.75, 3.05) is 0 Å². The van der Waals surface area contributed by atoms with Crippen LogP contribution in [0.3, 0.4) is 0 Å². The molecule has 1 nitrogen and oxygen atoms in total. The smallest absolute Gasteiger partial charge is 0.0270 e. The van der Waals surface area contributed by atoms with Gasteiger partial charge in [0.15, 0.2) is 0 Å². The van der Waals surface area contributed by atoms with Gasteiger partial charge in [-0.3, -0.25) is 4.98 Å². The molecule has 1 aromatic rings. The van der Waals surface area contributed by atoms with Gasteiger partial charge in [0.1, 0.15) is 0 Å². The zero-order valence-electron chi connectivity index (χ0n) is 7.59. The third-order valence-electron chi connectivity index (χ3n) is 3.28. The summed E-state index contributed by atoms with van der Waals surface area (Å²) in [6.07, 6.45) is 9.23. The molecule has 1 fully saturated rings. The lowest BCUT2D eigenvalue weighted by Gasteiger charge is -2.41. The van der Waals surface area contributed by atoms with E-state index in [1.54, 1.807) is 0 Å². The van der Waals surface area contributed by atoms with E-state index in [1.165, 1.54) is 31.2 Å². The van der Waals surface area contributed by atoms with Gasteiger partial charge in [-0.25, -0.2) is 0 Å². The summed E-state index contributed by atoms with van der Waals surface area (Å²) in [7, 11) is 0. The van der Waals surface area contributed by atoms with Gasteiger partial charge in [-0.05, 0) is 42.4 Å². The fourth-order valence-corrected chi connectivity index (χ4v) is 2.16. The monoisotopic (exact) mass is 161 g/mol. The van der Waals surface area contributed by atoms with E-state index in [4.69, 9.17) is 0 Å². The molecular weight excluding hydrogens is 146 g/mol. The molecule has 0 aromatic carbocycles. The van der Waals surface area contributed by atoms with Gasteiger partial charge in [0, 0.05) is 12.4 Å². The van der Waals surface area contributed by atoms with E-state index in [0.717, 1.165) is 0 Å². The van der Waals surface area contributed by atoms with E-state index in [-0.39, 0.29) is 0 Å². The highest BCUT2D eigenvalue weighted by atomic mass is 14.6. The maximum Gasteiger partial charge on any atom is 0.0270 e. The molecule has 0 radical (unpaired) electrons. The van der Waals surface area contributed by atoms with Crippen LogP contribution in [-0.2, 0) is 5.41 Å². The summed E-state index contributed by atoms with van der Waals surface area (Å²) in [5, 5.41) is 0. The molecule has 1 heterocycles. The summed E-state index contributed by atoms with van der Waals surface area (Å²) in [6.45, 7) is 2.29. The van der Waals surface area contributed by atoms with Crippen molar-refractivity contribution in [3.05, 3.63) is 30.1 Å². The minimum Gasteiger partial charge on any atom is -0.265 e. The first-order chi connectivity index (χ1) is 5.87. The molecule has 12 heavy (non-hydrogen) atoms. The van der Waals surface area contributed by atoms with Crippen LogP contribution in [0.5, 0.6) is 0 Å². The molecule has 2 rings (SSSR count). The Kier molecular flexibility index (Phi) is 1.87. The minimum absolute atomic E-state index is 0.517. The molecule has 0 bridgehead atoms. The quantitative estimate of drug-likeness (QED) is 0.650. The molecular formula is C11H15N. The Morgan fingerprint density at radius 3 is 2.42 bits per heavy atom. The molecule has 1 aliphatic rings. The Morgan fingerprint density at radius 2 is 2.00 bits per heavy atom. The summed E-state index contributed by atoms with van der Waals surface area (Å²) >= 11 is 0. The van der Waals surface area contributed by atoms with Crippen molar-refractivity contribution in [3.8, 4) is 0 Å². The van der Waals surface area contributed by atoms with Gasteiger partial charge >= 0.3 is 0 Å². The second kappa shape index (κ2) is 2.89. The lowest BCUT2D eigenvalue weighted by Crippen LogP contribution is -2.33. The highest BCUT2D eigenvalue weighted by Gasteiger charge is 2.36. The van der Waals surface area contributed by atoms with Crippen LogP contribution < -0.4 is 0 Å². The Labute approximate surface area is 73.8 Å². The first-order valence-corrected chi connectivity index (χ1v) is 4.78. The van der Waals surface area contributed by atoms with Gasteiger partial charge in [0.2, 0.25) is 0 Å². The summed E-state index contributed by atoms with van der Waals surface area (Å²) in [5.41, 5.74) is 2.01. The Morgan fingerprint density at radius 1 is 1.33 bits per heavy atom. The van der Waals surface area contributed by atoms with Crippen LogP contribution in [0.1, 0.15) is 38.2 Å². The zero-order chi connectivity index (χ0) is 8.44. The minimum atomic E-state index is 0.517. The predicted molar refractivity (Wildman–Crippen MR) is 50.1 cm³/mol. The second-order valence-electron chi connectivity index (χ2n) is 3.72. The first-order valence-electron chi connectivity index (χ1n) is 4.78. The van der Waals surface area contributed by atoms with Crippen molar-refractivity contribution in [1.82, 2.24) is 4.98 Å². The molecule has 1 aliphatic carbocycles. The van der Waals surface area contributed by atoms with Gasteiger partial charge in [-0.2, -0.15) is 0 Å². The van der Waals surface area contributed by atoms with Crippen molar-refractivity contribution >= 4 is 0 Å². The van der Waals surface area contributed by atoms with Gasteiger partial charge in [-0.1, -0.05) is 13.3 Å². The fourth-order valence-electron chi connectivity index (χ4n) is 2.16. The Hall–Kier alpha value is -0.850. The molecule has 1 saturated carbocycles. The summed E-state index contributed by atoms with van der Waals surface area (Å²) in [4.78, 5) is 4.05. The van der Waals surface area contributed by atoms with Crippen LogP contribution in [-0.4, -0.2) is 4.98 Å². The first kappa shape index (κ1) is 7.78. The van der Waals surface area contributed by atoms with E-state index in [0.29, 0.717) is 5.41 Å². The molecule has 0 aliphatic heterocycles. The van der Waals surface area contributed by atoms with Crippen molar-refractivity contribution in [3.63, 3.8) is 0 Å². The Bertz CT molecular complexity index is 243. The maximum atomic E-state index is 4.05. The molecule has 0 spiro atoms. The second-order valence-corrected chi connectivity index (χ2v) is 3.72. The zero-order valence-corrected chi connectivity index (χ0v) is 7.59. The number of pyridine rings is 1. The maximum absolute atomic E-state index is 4.05. The van der Waals surface area contributed by atoms with E-state index < -0.39 is 0 Å². The SMILES string of the molecule is CCC1(c2ccncc2)CCC1. The predicted octanol–water partition coefficient (Wildman–Crippen LogP) is 2.91. The summed E-state index contributed by atoms with van der Waals surface area (Å²) in [5.74, 6) is 0. The van der Waals surface area contributed by atoms with Crippen molar-refractivity contribution in [1.29, 1.82) is 0 Å². The van der Waals surface area contributed by atoms with Crippen molar-refractivity contribution < 1.29 is 0 Å². The highest BCUT2D eigenvalue weighted by molar-refractivity contribution is 5.25. The number of rotatable bonds is 2. The summed E-state index contributed by atoms with van der Waals surface area (Å²) < 4.78 is 0. The third kappa shape index (κ3) is 1.04. The molecule has 1 heteroatoms. The average Bonchev–Trinajstić information content (AvgIpc) is 2.05. The molecule has 0 N–H and O–H groups in total. The number of hydrogen-bond donors (Lipinski definition) is 0. The molecule has 64 valence electrons. The molecule has 0 amide bonds. The molecule has 0 unspecified atom stereocenters. The van der Waals surface area contributed by atoms with Crippen LogP contribution in [0, 0.1) is 0 Å². The van der Waals surface area contributed by atoms with Crippen LogP contribution in [0.2, 0.25) is 0 Å².